The van der Waals surface area contributed by atoms with E-state index >= 15 is 0 Å². The van der Waals surface area contributed by atoms with E-state index in [1.165, 1.54) is 32.1 Å². The molecule has 0 radical (unpaired) electrons. The lowest BCUT2D eigenvalue weighted by atomic mass is 9.95. The number of Topliss-reactive ketones (excluding diaryl/α,β-unsaturated/α-hetero) is 1. The van der Waals surface area contributed by atoms with Crippen LogP contribution >= 0.6 is 23.2 Å². The first-order valence-corrected chi connectivity index (χ1v) is 7.14. The topological polar surface area (TPSA) is 29.1 Å². The van der Waals surface area contributed by atoms with Gasteiger partial charge >= 0.3 is 0 Å². The Balaban J connectivity index is 1.88. The van der Waals surface area contributed by atoms with E-state index in [1.807, 2.05) is 0 Å². The highest BCUT2D eigenvalue weighted by Gasteiger charge is 2.15. The quantitative estimate of drug-likeness (QED) is 0.844. The van der Waals surface area contributed by atoms with Crippen molar-refractivity contribution < 1.29 is 4.79 Å². The van der Waals surface area contributed by atoms with E-state index in [1.54, 1.807) is 18.2 Å². The number of carbonyl (C=O) groups is 1. The summed E-state index contributed by atoms with van der Waals surface area (Å²) in [7, 11) is 0. The van der Waals surface area contributed by atoms with Crippen LogP contribution in [-0.4, -0.2) is 18.4 Å². The van der Waals surface area contributed by atoms with Crippen LogP contribution in [0.3, 0.4) is 0 Å². The van der Waals surface area contributed by atoms with Crippen LogP contribution in [0.25, 0.3) is 0 Å². The molecule has 0 amide bonds. The molecule has 1 aromatic rings. The standard InChI is InChI=1S/C14H17Cl2NO/c15-12-7-6-10(8-13(12)16)14(18)9-17-11-4-2-1-3-5-11/h6-8,11,17H,1-5,9H2. The van der Waals surface area contributed by atoms with Gasteiger partial charge in [-0.15, -0.1) is 0 Å². The van der Waals surface area contributed by atoms with Crippen LogP contribution in [0.5, 0.6) is 0 Å². The Hall–Kier alpha value is -0.570. The van der Waals surface area contributed by atoms with Gasteiger partial charge in [0.2, 0.25) is 0 Å². The van der Waals surface area contributed by atoms with Crippen molar-refractivity contribution in [1.82, 2.24) is 5.32 Å². The maximum atomic E-state index is 12.0. The van der Waals surface area contributed by atoms with E-state index in [-0.39, 0.29) is 5.78 Å². The highest BCUT2D eigenvalue weighted by molar-refractivity contribution is 6.42. The third-order valence-corrected chi connectivity index (χ3v) is 4.14. The van der Waals surface area contributed by atoms with Gasteiger partial charge in [0.1, 0.15) is 0 Å². The summed E-state index contributed by atoms with van der Waals surface area (Å²) in [4.78, 5) is 12.0. The number of nitrogens with one attached hydrogen (secondary N) is 1. The third kappa shape index (κ3) is 3.71. The van der Waals surface area contributed by atoms with Crippen LogP contribution < -0.4 is 5.32 Å². The van der Waals surface area contributed by atoms with E-state index in [0.29, 0.717) is 28.2 Å². The predicted molar refractivity (Wildman–Crippen MR) is 75.7 cm³/mol. The molecule has 0 aromatic heterocycles. The maximum Gasteiger partial charge on any atom is 0.176 e. The van der Waals surface area contributed by atoms with Gasteiger partial charge in [0.05, 0.1) is 16.6 Å². The van der Waals surface area contributed by atoms with Gasteiger partial charge in [-0.2, -0.15) is 0 Å². The zero-order chi connectivity index (χ0) is 13.0. The highest BCUT2D eigenvalue weighted by atomic mass is 35.5. The number of hydrogen-bond acceptors (Lipinski definition) is 2. The van der Waals surface area contributed by atoms with Gasteiger partial charge in [0.15, 0.2) is 5.78 Å². The summed E-state index contributed by atoms with van der Waals surface area (Å²) in [6, 6.07) is 5.51. The van der Waals surface area contributed by atoms with Gasteiger partial charge in [0.25, 0.3) is 0 Å². The van der Waals surface area contributed by atoms with E-state index in [4.69, 9.17) is 23.2 Å². The van der Waals surface area contributed by atoms with E-state index in [0.717, 1.165) is 0 Å². The molecule has 0 heterocycles. The van der Waals surface area contributed by atoms with E-state index in [2.05, 4.69) is 5.32 Å². The summed E-state index contributed by atoms with van der Waals surface area (Å²) < 4.78 is 0. The third-order valence-electron chi connectivity index (χ3n) is 3.40. The van der Waals surface area contributed by atoms with Crippen molar-refractivity contribution in [2.75, 3.05) is 6.54 Å². The van der Waals surface area contributed by atoms with Gasteiger partial charge < -0.3 is 5.32 Å². The largest absolute Gasteiger partial charge is 0.307 e. The summed E-state index contributed by atoms with van der Waals surface area (Å²) in [6.45, 7) is 0.378. The molecule has 0 atom stereocenters. The van der Waals surface area contributed by atoms with Crippen molar-refractivity contribution in [3.8, 4) is 0 Å². The second-order valence-electron chi connectivity index (χ2n) is 4.77. The number of halogens is 2. The Morgan fingerprint density at radius 1 is 1.17 bits per heavy atom. The molecule has 0 spiro atoms. The summed E-state index contributed by atoms with van der Waals surface area (Å²) in [5, 5.41) is 4.24. The molecule has 1 saturated carbocycles. The van der Waals surface area contributed by atoms with Crippen LogP contribution in [0, 0.1) is 0 Å². The lowest BCUT2D eigenvalue weighted by Gasteiger charge is -2.22. The molecule has 1 aromatic carbocycles. The van der Waals surface area contributed by atoms with Gasteiger partial charge in [-0.3, -0.25) is 4.79 Å². The molecule has 2 rings (SSSR count). The second kappa shape index (κ2) is 6.55. The average molecular weight is 286 g/mol. The molecule has 0 aliphatic heterocycles. The van der Waals surface area contributed by atoms with Gasteiger partial charge in [0, 0.05) is 11.6 Å². The fourth-order valence-electron chi connectivity index (χ4n) is 2.32. The minimum absolute atomic E-state index is 0.0686. The lowest BCUT2D eigenvalue weighted by molar-refractivity contribution is 0.0985. The van der Waals surface area contributed by atoms with Crippen molar-refractivity contribution in [2.45, 2.75) is 38.1 Å². The summed E-state index contributed by atoms with van der Waals surface area (Å²) in [6.07, 6.45) is 6.19. The predicted octanol–water partition coefficient (Wildman–Crippen LogP) is 4.10. The number of benzene rings is 1. The molecular weight excluding hydrogens is 269 g/mol. The van der Waals surface area contributed by atoms with Crippen molar-refractivity contribution in [3.05, 3.63) is 33.8 Å². The van der Waals surface area contributed by atoms with Gasteiger partial charge in [-0.1, -0.05) is 42.5 Å². The monoisotopic (exact) mass is 285 g/mol. The van der Waals surface area contributed by atoms with Crippen molar-refractivity contribution >= 4 is 29.0 Å². The summed E-state index contributed by atoms with van der Waals surface area (Å²) in [5.74, 6) is 0.0686. The molecule has 0 saturated heterocycles. The first-order valence-electron chi connectivity index (χ1n) is 6.38. The van der Waals surface area contributed by atoms with Gasteiger partial charge in [-0.25, -0.2) is 0 Å². The van der Waals surface area contributed by atoms with Crippen LogP contribution in [0.1, 0.15) is 42.5 Å². The Morgan fingerprint density at radius 3 is 2.56 bits per heavy atom. The fraction of sp³-hybridized carbons (Fsp3) is 0.500. The Bertz CT molecular complexity index is 428. The molecule has 1 aliphatic carbocycles. The fourth-order valence-corrected chi connectivity index (χ4v) is 2.61. The molecule has 98 valence electrons. The second-order valence-corrected chi connectivity index (χ2v) is 5.58. The lowest BCUT2D eigenvalue weighted by Crippen LogP contribution is -2.35. The number of ketones is 1. The van der Waals surface area contributed by atoms with Crippen LogP contribution in [-0.2, 0) is 0 Å². The van der Waals surface area contributed by atoms with E-state index < -0.39 is 0 Å². The van der Waals surface area contributed by atoms with E-state index in [9.17, 15) is 4.79 Å². The zero-order valence-electron chi connectivity index (χ0n) is 10.2. The van der Waals surface area contributed by atoms with Crippen molar-refractivity contribution in [3.63, 3.8) is 0 Å². The molecule has 1 aliphatic rings. The van der Waals surface area contributed by atoms with Crippen molar-refractivity contribution in [1.29, 1.82) is 0 Å². The SMILES string of the molecule is O=C(CNC1CCCCC1)c1ccc(Cl)c(Cl)c1. The molecule has 18 heavy (non-hydrogen) atoms. The first-order chi connectivity index (χ1) is 8.66. The van der Waals surface area contributed by atoms with Crippen LogP contribution in [0.2, 0.25) is 10.0 Å². The Kier molecular flexibility index (Phi) is 5.04. The number of carbonyl (C=O) groups excluding carboxylic acids is 1. The highest BCUT2D eigenvalue weighted by Crippen LogP contribution is 2.23. The Morgan fingerprint density at radius 2 is 1.89 bits per heavy atom. The Labute approximate surface area is 118 Å². The van der Waals surface area contributed by atoms with Crippen LogP contribution in [0.15, 0.2) is 18.2 Å². The summed E-state index contributed by atoms with van der Waals surface area (Å²) in [5.41, 5.74) is 0.618. The normalized spacial score (nSPS) is 16.8. The van der Waals surface area contributed by atoms with Crippen molar-refractivity contribution in [2.24, 2.45) is 0 Å². The molecule has 0 unspecified atom stereocenters. The molecule has 2 nitrogen and oxygen atoms in total. The van der Waals surface area contributed by atoms with Crippen LogP contribution in [0.4, 0.5) is 0 Å². The van der Waals surface area contributed by atoms with Gasteiger partial charge in [-0.05, 0) is 31.0 Å². The first kappa shape index (κ1) is 13.9. The maximum absolute atomic E-state index is 12.0. The minimum atomic E-state index is 0.0686. The zero-order valence-corrected chi connectivity index (χ0v) is 11.7. The number of hydrogen-bond donors (Lipinski definition) is 1. The minimum Gasteiger partial charge on any atom is -0.307 e. The number of rotatable bonds is 4. The molecule has 1 N–H and O–H groups in total. The molecule has 0 bridgehead atoms. The molecule has 1 fully saturated rings. The molecule has 4 heteroatoms. The average Bonchev–Trinajstić information content (AvgIpc) is 2.40. The summed E-state index contributed by atoms with van der Waals surface area (Å²) >= 11 is 11.7. The smallest absolute Gasteiger partial charge is 0.176 e. The molecular formula is C14H17Cl2NO.